The molecule has 76 valence electrons. The zero-order valence-electron chi connectivity index (χ0n) is 7.94. The van der Waals surface area contributed by atoms with Gasteiger partial charge in [-0.3, -0.25) is 9.31 Å². The fourth-order valence-corrected chi connectivity index (χ4v) is 2.02. The van der Waals surface area contributed by atoms with Crippen molar-refractivity contribution in [3.05, 3.63) is 0 Å². The molecular formula is C8H17N3OS. The van der Waals surface area contributed by atoms with E-state index in [4.69, 9.17) is 5.84 Å². The van der Waals surface area contributed by atoms with E-state index in [0.29, 0.717) is 0 Å². The van der Waals surface area contributed by atoms with E-state index in [9.17, 15) is 4.79 Å². The van der Waals surface area contributed by atoms with Crippen LogP contribution in [0.15, 0.2) is 0 Å². The molecule has 0 spiro atoms. The second-order valence-electron chi connectivity index (χ2n) is 3.53. The van der Waals surface area contributed by atoms with Crippen molar-refractivity contribution in [2.24, 2.45) is 5.84 Å². The van der Waals surface area contributed by atoms with Crippen molar-refractivity contribution < 1.29 is 4.79 Å². The number of nitrogens with zero attached hydrogens (tertiary/aromatic N) is 2. The van der Waals surface area contributed by atoms with Gasteiger partial charge < -0.3 is 0 Å². The van der Waals surface area contributed by atoms with Gasteiger partial charge in [0.1, 0.15) is 0 Å². The van der Waals surface area contributed by atoms with E-state index in [1.807, 2.05) is 0 Å². The van der Waals surface area contributed by atoms with Crippen molar-refractivity contribution in [1.82, 2.24) is 9.31 Å². The Balaban J connectivity index is 2.45. The van der Waals surface area contributed by atoms with Crippen LogP contribution in [0.25, 0.3) is 0 Å². The second-order valence-corrected chi connectivity index (χ2v) is 3.96. The summed E-state index contributed by atoms with van der Waals surface area (Å²) >= 11 is 4.17. The molecule has 0 saturated heterocycles. The van der Waals surface area contributed by atoms with Crippen LogP contribution in [-0.4, -0.2) is 28.4 Å². The minimum Gasteiger partial charge on any atom is -0.267 e. The molecule has 1 fully saturated rings. The average molecular weight is 203 g/mol. The van der Waals surface area contributed by atoms with Crippen molar-refractivity contribution in [3.63, 3.8) is 0 Å². The molecule has 1 saturated carbocycles. The lowest BCUT2D eigenvalue weighted by Gasteiger charge is -2.31. The summed E-state index contributed by atoms with van der Waals surface area (Å²) in [5.74, 6) is 5.34. The van der Waals surface area contributed by atoms with E-state index in [2.05, 4.69) is 12.8 Å². The molecule has 0 bridgehead atoms. The van der Waals surface area contributed by atoms with Gasteiger partial charge in [-0.25, -0.2) is 10.6 Å². The summed E-state index contributed by atoms with van der Waals surface area (Å²) in [6, 6.07) is 0.0332. The van der Waals surface area contributed by atoms with Gasteiger partial charge in [0.25, 0.3) is 0 Å². The van der Waals surface area contributed by atoms with Crippen LogP contribution in [0.5, 0.6) is 0 Å². The number of hydrogen-bond donors (Lipinski definition) is 2. The van der Waals surface area contributed by atoms with Crippen LogP contribution in [0.2, 0.25) is 0 Å². The number of hydrogen-bond acceptors (Lipinski definition) is 3. The topological polar surface area (TPSA) is 49.6 Å². The Morgan fingerprint density at radius 2 is 1.92 bits per heavy atom. The molecule has 2 N–H and O–H groups in total. The zero-order chi connectivity index (χ0) is 9.84. The number of thiol groups is 1. The summed E-state index contributed by atoms with van der Waals surface area (Å²) in [5, 5.41) is 1.07. The molecule has 13 heavy (non-hydrogen) atoms. The Kier molecular flexibility index (Phi) is 3.87. The molecule has 0 heterocycles. The van der Waals surface area contributed by atoms with Crippen LogP contribution < -0.4 is 5.84 Å². The summed E-state index contributed by atoms with van der Waals surface area (Å²) in [4.78, 5) is 11.4. The maximum absolute atomic E-state index is 11.4. The monoisotopic (exact) mass is 203 g/mol. The Bertz CT molecular complexity index is 180. The first-order valence-electron chi connectivity index (χ1n) is 4.63. The summed E-state index contributed by atoms with van der Waals surface area (Å²) in [7, 11) is 1.54. The third kappa shape index (κ3) is 2.77. The summed E-state index contributed by atoms with van der Waals surface area (Å²) in [5.41, 5.74) is 0. The highest BCUT2D eigenvalue weighted by Crippen LogP contribution is 2.24. The van der Waals surface area contributed by atoms with Crippen LogP contribution in [0.3, 0.4) is 0 Å². The Morgan fingerprint density at radius 3 is 2.38 bits per heavy atom. The number of carbonyl (C=O) groups is 1. The predicted molar refractivity (Wildman–Crippen MR) is 55.0 cm³/mol. The quantitative estimate of drug-likeness (QED) is 0.293. The number of hydrazine groups is 1. The molecule has 0 atom stereocenters. The van der Waals surface area contributed by atoms with Crippen LogP contribution in [0.1, 0.15) is 32.1 Å². The molecule has 5 heteroatoms. The fraction of sp³-hybridized carbons (Fsp3) is 0.875. The van der Waals surface area contributed by atoms with E-state index >= 15 is 0 Å². The van der Waals surface area contributed by atoms with Gasteiger partial charge in [-0.05, 0) is 12.8 Å². The molecule has 0 aliphatic heterocycles. The standard InChI is InChI=1S/C8H17N3OS/c1-10(9)8(12)11(13)7-5-3-2-4-6-7/h7,13H,2-6,9H2,1H3. The van der Waals surface area contributed by atoms with Crippen molar-refractivity contribution in [1.29, 1.82) is 0 Å². The lowest BCUT2D eigenvalue weighted by Crippen LogP contribution is -2.45. The van der Waals surface area contributed by atoms with Gasteiger partial charge in [0.15, 0.2) is 0 Å². The SMILES string of the molecule is CN(N)C(=O)N(S)C1CCCCC1. The molecule has 4 nitrogen and oxygen atoms in total. The zero-order valence-corrected chi connectivity index (χ0v) is 8.83. The first-order chi connectivity index (χ1) is 6.13. The second kappa shape index (κ2) is 4.72. The predicted octanol–water partition coefficient (Wildman–Crippen LogP) is 1.39. The normalized spacial score (nSPS) is 18.4. The largest absolute Gasteiger partial charge is 0.343 e. The highest BCUT2D eigenvalue weighted by molar-refractivity contribution is 7.78. The van der Waals surface area contributed by atoms with Gasteiger partial charge in [0, 0.05) is 13.1 Å². The first kappa shape index (κ1) is 10.7. The van der Waals surface area contributed by atoms with E-state index in [1.165, 1.54) is 30.6 Å². The number of rotatable bonds is 1. The molecule has 2 amide bonds. The van der Waals surface area contributed by atoms with Crippen molar-refractivity contribution in [2.45, 2.75) is 38.1 Å². The van der Waals surface area contributed by atoms with Gasteiger partial charge >= 0.3 is 6.03 Å². The Morgan fingerprint density at radius 1 is 1.38 bits per heavy atom. The summed E-state index contributed by atoms with van der Waals surface area (Å²) in [6.07, 6.45) is 5.73. The number of nitrogens with two attached hydrogens (primary N) is 1. The Hall–Kier alpha value is -0.420. The maximum Gasteiger partial charge on any atom is 0.343 e. The van der Waals surface area contributed by atoms with Gasteiger partial charge in [-0.15, -0.1) is 0 Å². The van der Waals surface area contributed by atoms with Crippen LogP contribution in [-0.2, 0) is 0 Å². The third-order valence-electron chi connectivity index (χ3n) is 2.42. The van der Waals surface area contributed by atoms with Gasteiger partial charge in [0.2, 0.25) is 0 Å². The van der Waals surface area contributed by atoms with Crippen molar-refractivity contribution in [2.75, 3.05) is 7.05 Å². The molecule has 1 rings (SSSR count). The lowest BCUT2D eigenvalue weighted by molar-refractivity contribution is 0.174. The third-order valence-corrected chi connectivity index (χ3v) is 2.92. The number of urea groups is 1. The van der Waals surface area contributed by atoms with Gasteiger partial charge in [0.05, 0.1) is 0 Å². The molecule has 1 aliphatic rings. The maximum atomic E-state index is 11.4. The van der Waals surface area contributed by atoms with Crippen molar-refractivity contribution in [3.8, 4) is 0 Å². The smallest absolute Gasteiger partial charge is 0.267 e. The minimum absolute atomic E-state index is 0.227. The summed E-state index contributed by atoms with van der Waals surface area (Å²) in [6.45, 7) is 0. The number of carbonyl (C=O) groups excluding carboxylic acids is 1. The molecule has 1 aliphatic carbocycles. The molecule has 0 aromatic heterocycles. The molecule has 0 unspecified atom stereocenters. The highest BCUT2D eigenvalue weighted by Gasteiger charge is 2.24. The van der Waals surface area contributed by atoms with E-state index in [0.717, 1.165) is 17.9 Å². The lowest BCUT2D eigenvalue weighted by atomic mass is 9.96. The van der Waals surface area contributed by atoms with Gasteiger partial charge in [-0.2, -0.15) is 0 Å². The highest BCUT2D eigenvalue weighted by atomic mass is 32.1. The van der Waals surface area contributed by atoms with Crippen LogP contribution in [0.4, 0.5) is 4.79 Å². The molecule has 0 radical (unpaired) electrons. The summed E-state index contributed by atoms with van der Waals surface area (Å²) < 4.78 is 1.46. The van der Waals surface area contributed by atoms with E-state index in [1.54, 1.807) is 0 Å². The fourth-order valence-electron chi connectivity index (χ4n) is 1.64. The van der Waals surface area contributed by atoms with Crippen LogP contribution >= 0.6 is 12.8 Å². The van der Waals surface area contributed by atoms with Gasteiger partial charge in [-0.1, -0.05) is 32.1 Å². The molecule has 0 aromatic rings. The van der Waals surface area contributed by atoms with Crippen LogP contribution in [0, 0.1) is 0 Å². The molecule has 0 aromatic carbocycles. The average Bonchev–Trinajstić information content (AvgIpc) is 2.17. The van der Waals surface area contributed by atoms with Crippen molar-refractivity contribution >= 4 is 18.8 Å². The van der Waals surface area contributed by atoms with E-state index < -0.39 is 0 Å². The van der Waals surface area contributed by atoms with E-state index in [-0.39, 0.29) is 12.1 Å². The first-order valence-corrected chi connectivity index (χ1v) is 5.03. The minimum atomic E-state index is -0.227. The number of amides is 2. The Labute approximate surface area is 84.6 Å². The molecular weight excluding hydrogens is 186 g/mol.